The molecule has 0 N–H and O–H groups in total. The number of Topliss-reactive ketones (excluding diaryl/α,β-unsaturated/α-hetero) is 1. The van der Waals surface area contributed by atoms with Gasteiger partial charge in [-0.05, 0) is 12.8 Å². The molecule has 1 heterocycles. The Morgan fingerprint density at radius 3 is 2.81 bits per heavy atom. The van der Waals surface area contributed by atoms with Crippen LogP contribution in [0.3, 0.4) is 0 Å². The van der Waals surface area contributed by atoms with Gasteiger partial charge in [0.1, 0.15) is 11.8 Å². The van der Waals surface area contributed by atoms with Gasteiger partial charge in [-0.2, -0.15) is 0 Å². The van der Waals surface area contributed by atoms with Crippen molar-refractivity contribution in [2.75, 3.05) is 7.11 Å². The molecule has 16 heavy (non-hydrogen) atoms. The molecule has 5 heteroatoms. The fourth-order valence-electron chi connectivity index (χ4n) is 1.61. The number of aryl methyl sites for hydroxylation is 1. The maximum atomic E-state index is 12.1. The summed E-state index contributed by atoms with van der Waals surface area (Å²) < 4.78 is 6.83. The van der Waals surface area contributed by atoms with E-state index in [0.29, 0.717) is 12.2 Å². The van der Waals surface area contributed by atoms with Gasteiger partial charge < -0.3 is 4.74 Å². The van der Waals surface area contributed by atoms with Gasteiger partial charge >= 0.3 is 0 Å². The normalized spacial score (nSPS) is 12.7. The van der Waals surface area contributed by atoms with Gasteiger partial charge in [0, 0.05) is 13.7 Å². The van der Waals surface area contributed by atoms with Crippen LogP contribution >= 0.6 is 0 Å². The summed E-state index contributed by atoms with van der Waals surface area (Å²) in [5, 5.41) is 7.67. The van der Waals surface area contributed by atoms with E-state index in [1.165, 1.54) is 6.20 Å². The second-order valence-corrected chi connectivity index (χ2v) is 3.72. The predicted octanol–water partition coefficient (Wildman–Crippen LogP) is 1.69. The lowest BCUT2D eigenvalue weighted by Crippen LogP contribution is -2.25. The summed E-state index contributed by atoms with van der Waals surface area (Å²) in [4.78, 5) is 12.1. The molecule has 0 aliphatic carbocycles. The summed E-state index contributed by atoms with van der Waals surface area (Å²) >= 11 is 0. The van der Waals surface area contributed by atoms with E-state index in [2.05, 4.69) is 10.3 Å². The Balaban J connectivity index is 2.81. The number of nitrogens with zero attached hydrogens (tertiary/aromatic N) is 3. The summed E-state index contributed by atoms with van der Waals surface area (Å²) in [7, 11) is 1.56. The van der Waals surface area contributed by atoms with Crippen molar-refractivity contribution >= 4 is 5.78 Å². The highest BCUT2D eigenvalue weighted by molar-refractivity contribution is 5.97. The van der Waals surface area contributed by atoms with E-state index in [1.54, 1.807) is 11.8 Å². The van der Waals surface area contributed by atoms with Crippen LogP contribution in [0.25, 0.3) is 0 Å². The van der Waals surface area contributed by atoms with E-state index in [4.69, 9.17) is 4.74 Å². The highest BCUT2D eigenvalue weighted by Gasteiger charge is 2.22. The fraction of sp³-hybridized carbons (Fsp3) is 0.727. The van der Waals surface area contributed by atoms with Crippen LogP contribution in [0.4, 0.5) is 0 Å². The molecule has 0 bridgehead atoms. The molecule has 0 radical (unpaired) electrons. The van der Waals surface area contributed by atoms with Gasteiger partial charge in [0.15, 0.2) is 0 Å². The molecule has 5 nitrogen and oxygen atoms in total. The lowest BCUT2D eigenvalue weighted by Gasteiger charge is -2.13. The molecule has 1 aromatic rings. The van der Waals surface area contributed by atoms with Crippen molar-refractivity contribution in [3.63, 3.8) is 0 Å². The standard InChI is InChI=1S/C11H19N3O2/c1-4-6-10(16-3)11(15)9-8-12-13-14(9)7-5-2/h8,10H,4-7H2,1-3H3. The number of ketones is 1. The van der Waals surface area contributed by atoms with Crippen molar-refractivity contribution in [3.05, 3.63) is 11.9 Å². The van der Waals surface area contributed by atoms with Crippen LogP contribution in [0, 0.1) is 0 Å². The molecule has 0 spiro atoms. The minimum absolute atomic E-state index is 0.0252. The second-order valence-electron chi connectivity index (χ2n) is 3.72. The zero-order chi connectivity index (χ0) is 12.0. The molecule has 0 aliphatic heterocycles. The number of hydrogen-bond acceptors (Lipinski definition) is 4. The van der Waals surface area contributed by atoms with Gasteiger partial charge in [-0.25, -0.2) is 4.68 Å². The highest BCUT2D eigenvalue weighted by atomic mass is 16.5. The Labute approximate surface area is 95.8 Å². The molecule has 1 aromatic heterocycles. The van der Waals surface area contributed by atoms with E-state index in [-0.39, 0.29) is 11.9 Å². The summed E-state index contributed by atoms with van der Waals surface area (Å²) in [5.41, 5.74) is 0.544. The van der Waals surface area contributed by atoms with E-state index in [0.717, 1.165) is 19.3 Å². The lowest BCUT2D eigenvalue weighted by atomic mass is 10.1. The summed E-state index contributed by atoms with van der Waals surface area (Å²) in [6.07, 6.45) is 3.71. The summed E-state index contributed by atoms with van der Waals surface area (Å²) in [6, 6.07) is 0. The molecular formula is C11H19N3O2. The smallest absolute Gasteiger partial charge is 0.211 e. The average Bonchev–Trinajstić information content (AvgIpc) is 2.73. The molecular weight excluding hydrogens is 206 g/mol. The predicted molar refractivity (Wildman–Crippen MR) is 60.3 cm³/mol. The molecule has 1 atom stereocenters. The Kier molecular flexibility index (Phi) is 5.11. The maximum absolute atomic E-state index is 12.1. The van der Waals surface area contributed by atoms with Crippen molar-refractivity contribution < 1.29 is 9.53 Å². The molecule has 0 amide bonds. The summed E-state index contributed by atoms with van der Waals surface area (Å²) in [5.74, 6) is -0.0252. The van der Waals surface area contributed by atoms with Crippen LogP contribution in [-0.2, 0) is 11.3 Å². The van der Waals surface area contributed by atoms with Crippen molar-refractivity contribution in [2.24, 2.45) is 0 Å². The average molecular weight is 225 g/mol. The molecule has 0 saturated carbocycles. The molecule has 0 aliphatic rings. The van der Waals surface area contributed by atoms with E-state index in [9.17, 15) is 4.79 Å². The number of rotatable bonds is 7. The SMILES string of the molecule is CCCC(OC)C(=O)c1cnnn1CCC. The van der Waals surface area contributed by atoms with Crippen LogP contribution in [-0.4, -0.2) is 34.0 Å². The van der Waals surface area contributed by atoms with Crippen molar-refractivity contribution in [1.82, 2.24) is 15.0 Å². The molecule has 0 aromatic carbocycles. The molecule has 0 saturated heterocycles. The van der Waals surface area contributed by atoms with Crippen LogP contribution in [0.1, 0.15) is 43.6 Å². The Morgan fingerprint density at radius 2 is 2.25 bits per heavy atom. The second kappa shape index (κ2) is 6.37. The fourth-order valence-corrected chi connectivity index (χ4v) is 1.61. The Bertz CT molecular complexity index is 336. The number of aromatic nitrogens is 3. The van der Waals surface area contributed by atoms with Crippen molar-refractivity contribution in [3.8, 4) is 0 Å². The van der Waals surface area contributed by atoms with E-state index >= 15 is 0 Å². The van der Waals surface area contributed by atoms with Crippen LogP contribution in [0.15, 0.2) is 6.20 Å². The number of carbonyl (C=O) groups is 1. The summed E-state index contributed by atoms with van der Waals surface area (Å²) in [6.45, 7) is 4.78. The van der Waals surface area contributed by atoms with Crippen LogP contribution in [0.2, 0.25) is 0 Å². The zero-order valence-corrected chi connectivity index (χ0v) is 10.1. The molecule has 0 fully saturated rings. The van der Waals surface area contributed by atoms with Gasteiger partial charge in [0.2, 0.25) is 5.78 Å². The number of methoxy groups -OCH3 is 1. The first-order valence-electron chi connectivity index (χ1n) is 5.70. The third-order valence-electron chi connectivity index (χ3n) is 2.43. The molecule has 1 unspecified atom stereocenters. The van der Waals surface area contributed by atoms with Gasteiger partial charge in [-0.15, -0.1) is 5.10 Å². The number of carbonyl (C=O) groups excluding carboxylic acids is 1. The number of hydrogen-bond donors (Lipinski definition) is 0. The third-order valence-corrected chi connectivity index (χ3v) is 2.43. The van der Waals surface area contributed by atoms with Crippen LogP contribution < -0.4 is 0 Å². The van der Waals surface area contributed by atoms with E-state index in [1.807, 2.05) is 13.8 Å². The quantitative estimate of drug-likeness (QED) is 0.662. The largest absolute Gasteiger partial charge is 0.373 e. The van der Waals surface area contributed by atoms with Gasteiger partial charge in [0.25, 0.3) is 0 Å². The lowest BCUT2D eigenvalue weighted by molar-refractivity contribution is 0.0567. The first-order chi connectivity index (χ1) is 7.74. The highest BCUT2D eigenvalue weighted by Crippen LogP contribution is 2.10. The first kappa shape index (κ1) is 12.8. The van der Waals surface area contributed by atoms with Crippen LogP contribution in [0.5, 0.6) is 0 Å². The minimum atomic E-state index is -0.376. The zero-order valence-electron chi connectivity index (χ0n) is 10.1. The van der Waals surface area contributed by atoms with Gasteiger partial charge in [-0.1, -0.05) is 25.5 Å². The minimum Gasteiger partial charge on any atom is -0.373 e. The van der Waals surface area contributed by atoms with Crippen molar-refractivity contribution in [1.29, 1.82) is 0 Å². The molecule has 1 rings (SSSR count). The van der Waals surface area contributed by atoms with E-state index < -0.39 is 0 Å². The topological polar surface area (TPSA) is 57.0 Å². The Morgan fingerprint density at radius 1 is 1.50 bits per heavy atom. The third kappa shape index (κ3) is 2.88. The van der Waals surface area contributed by atoms with Crippen molar-refractivity contribution in [2.45, 2.75) is 45.8 Å². The molecule has 90 valence electrons. The van der Waals surface area contributed by atoms with Gasteiger partial charge in [-0.3, -0.25) is 4.79 Å². The monoisotopic (exact) mass is 225 g/mol. The maximum Gasteiger partial charge on any atom is 0.211 e. The first-order valence-corrected chi connectivity index (χ1v) is 5.70. The number of ether oxygens (including phenoxy) is 1. The van der Waals surface area contributed by atoms with Gasteiger partial charge in [0.05, 0.1) is 6.20 Å². The Hall–Kier alpha value is -1.23.